The lowest BCUT2D eigenvalue weighted by molar-refractivity contribution is 0.112. The Kier molecular flexibility index (Phi) is 4.48. The monoisotopic (exact) mass is 338 g/mol. The van der Waals surface area contributed by atoms with Gasteiger partial charge in [-0.1, -0.05) is 84.9 Å². The highest BCUT2D eigenvalue weighted by molar-refractivity contribution is 6.05. The summed E-state index contributed by atoms with van der Waals surface area (Å²) in [6.07, 6.45) is 0.907. The van der Waals surface area contributed by atoms with Crippen molar-refractivity contribution in [2.75, 3.05) is 0 Å². The second-order valence-corrected chi connectivity index (χ2v) is 6.14. The number of carbonyl (C=O) groups excluding carboxylic acids is 1. The molecule has 4 aromatic rings. The zero-order valence-electron chi connectivity index (χ0n) is 14.3. The lowest BCUT2D eigenvalue weighted by atomic mass is 9.95. The minimum absolute atomic E-state index is 0.516. The molecule has 0 aliphatic carbocycles. The summed E-state index contributed by atoms with van der Waals surface area (Å²) < 4.78 is 6.11. The average molecular weight is 338 g/mol. The van der Waals surface area contributed by atoms with Crippen LogP contribution in [0.5, 0.6) is 5.75 Å². The van der Waals surface area contributed by atoms with Crippen LogP contribution in [0.2, 0.25) is 0 Å². The highest BCUT2D eigenvalue weighted by atomic mass is 16.5. The van der Waals surface area contributed by atoms with Crippen LogP contribution in [0.3, 0.4) is 0 Å². The Morgan fingerprint density at radius 1 is 0.654 bits per heavy atom. The van der Waals surface area contributed by atoms with Gasteiger partial charge in [0.25, 0.3) is 0 Å². The maximum Gasteiger partial charge on any atom is 0.150 e. The molecule has 0 saturated heterocycles. The predicted octanol–water partition coefficient (Wildman–Crippen LogP) is 5.90. The lowest BCUT2D eigenvalue weighted by Crippen LogP contribution is -1.97. The molecule has 0 atom stereocenters. The van der Waals surface area contributed by atoms with E-state index in [-0.39, 0.29) is 0 Å². The summed E-state index contributed by atoms with van der Waals surface area (Å²) >= 11 is 0. The van der Waals surface area contributed by atoms with Crippen LogP contribution in [0.1, 0.15) is 15.9 Å². The molecule has 0 saturated carbocycles. The topological polar surface area (TPSA) is 26.3 Å². The molecule has 0 radical (unpaired) electrons. The Bertz CT molecular complexity index is 1050. The summed E-state index contributed by atoms with van der Waals surface area (Å²) in [7, 11) is 0. The van der Waals surface area contributed by atoms with Gasteiger partial charge in [-0.15, -0.1) is 0 Å². The molecule has 0 aromatic heterocycles. The highest BCUT2D eigenvalue weighted by Crippen LogP contribution is 2.36. The predicted molar refractivity (Wildman–Crippen MR) is 106 cm³/mol. The van der Waals surface area contributed by atoms with Gasteiger partial charge in [0.1, 0.15) is 12.4 Å². The molecule has 0 fully saturated rings. The molecule has 0 N–H and O–H groups in total. The number of hydrogen-bond donors (Lipinski definition) is 0. The summed E-state index contributed by atoms with van der Waals surface area (Å²) in [5.41, 5.74) is 3.92. The molecule has 0 spiro atoms. The maximum atomic E-state index is 11.4. The molecule has 0 amide bonds. The van der Waals surface area contributed by atoms with Crippen LogP contribution in [-0.4, -0.2) is 6.29 Å². The van der Waals surface area contributed by atoms with Crippen molar-refractivity contribution in [1.29, 1.82) is 0 Å². The number of fused-ring (bicyclic) bond motifs is 1. The normalized spacial score (nSPS) is 10.6. The summed E-state index contributed by atoms with van der Waals surface area (Å²) in [6.45, 7) is 0.516. The van der Waals surface area contributed by atoms with Crippen LogP contribution in [0.4, 0.5) is 0 Å². The first-order valence-corrected chi connectivity index (χ1v) is 8.60. The fourth-order valence-corrected chi connectivity index (χ4v) is 3.21. The maximum absolute atomic E-state index is 11.4. The van der Waals surface area contributed by atoms with Crippen LogP contribution < -0.4 is 4.74 Å². The van der Waals surface area contributed by atoms with E-state index in [2.05, 4.69) is 18.2 Å². The van der Waals surface area contributed by atoms with E-state index in [1.807, 2.05) is 72.8 Å². The summed E-state index contributed by atoms with van der Waals surface area (Å²) in [5, 5.41) is 2.01. The Hall–Kier alpha value is -3.39. The van der Waals surface area contributed by atoms with Crippen molar-refractivity contribution in [3.05, 3.63) is 102 Å². The highest BCUT2D eigenvalue weighted by Gasteiger charge is 2.11. The number of carbonyl (C=O) groups is 1. The first-order chi connectivity index (χ1) is 12.9. The zero-order chi connectivity index (χ0) is 17.8. The summed E-state index contributed by atoms with van der Waals surface area (Å²) in [4.78, 5) is 11.4. The van der Waals surface area contributed by atoms with Gasteiger partial charge in [0.2, 0.25) is 0 Å². The number of ether oxygens (including phenoxy) is 1. The van der Waals surface area contributed by atoms with Crippen molar-refractivity contribution in [2.45, 2.75) is 6.61 Å². The van der Waals surface area contributed by atoms with Gasteiger partial charge in [-0.25, -0.2) is 0 Å². The van der Waals surface area contributed by atoms with Crippen molar-refractivity contribution in [3.8, 4) is 16.9 Å². The van der Waals surface area contributed by atoms with E-state index < -0.39 is 0 Å². The minimum atomic E-state index is 0.516. The van der Waals surface area contributed by atoms with E-state index in [1.54, 1.807) is 0 Å². The standard InChI is InChI=1S/C24H18O2/c25-16-19-14-15-22(21-11-5-4-10-20(19)21)23-12-6-7-13-24(23)26-17-18-8-2-1-3-9-18/h1-16H,17H2. The van der Waals surface area contributed by atoms with Crippen LogP contribution >= 0.6 is 0 Å². The Balaban J connectivity index is 1.77. The minimum Gasteiger partial charge on any atom is -0.488 e. The largest absolute Gasteiger partial charge is 0.488 e. The Morgan fingerprint density at radius 2 is 1.35 bits per heavy atom. The fraction of sp³-hybridized carbons (Fsp3) is 0.0417. The van der Waals surface area contributed by atoms with Crippen molar-refractivity contribution >= 4 is 17.1 Å². The molecule has 4 aromatic carbocycles. The lowest BCUT2D eigenvalue weighted by Gasteiger charge is -2.14. The molecule has 2 nitrogen and oxygen atoms in total. The Labute approximate surface area is 152 Å². The van der Waals surface area contributed by atoms with Crippen LogP contribution in [0.15, 0.2) is 91.0 Å². The van der Waals surface area contributed by atoms with Gasteiger partial charge in [0.15, 0.2) is 6.29 Å². The first-order valence-electron chi connectivity index (χ1n) is 8.60. The molecular weight excluding hydrogens is 320 g/mol. The molecule has 126 valence electrons. The molecule has 0 bridgehead atoms. The molecule has 0 aliphatic rings. The number of rotatable bonds is 5. The van der Waals surface area contributed by atoms with Gasteiger partial charge >= 0.3 is 0 Å². The van der Waals surface area contributed by atoms with Gasteiger partial charge < -0.3 is 4.74 Å². The van der Waals surface area contributed by atoms with E-state index in [0.29, 0.717) is 12.2 Å². The van der Waals surface area contributed by atoms with E-state index in [0.717, 1.165) is 39.5 Å². The van der Waals surface area contributed by atoms with Crippen LogP contribution in [-0.2, 0) is 6.61 Å². The molecule has 0 unspecified atom stereocenters. The van der Waals surface area contributed by atoms with E-state index in [4.69, 9.17) is 4.74 Å². The second-order valence-electron chi connectivity index (χ2n) is 6.14. The van der Waals surface area contributed by atoms with Gasteiger partial charge in [-0.3, -0.25) is 4.79 Å². The van der Waals surface area contributed by atoms with Gasteiger partial charge in [0, 0.05) is 11.1 Å². The van der Waals surface area contributed by atoms with Crippen molar-refractivity contribution < 1.29 is 9.53 Å². The fourth-order valence-electron chi connectivity index (χ4n) is 3.21. The van der Waals surface area contributed by atoms with Gasteiger partial charge in [0.05, 0.1) is 0 Å². The second kappa shape index (κ2) is 7.24. The third kappa shape index (κ3) is 3.09. The third-order valence-electron chi connectivity index (χ3n) is 4.50. The van der Waals surface area contributed by atoms with Crippen LogP contribution in [0.25, 0.3) is 21.9 Å². The smallest absolute Gasteiger partial charge is 0.150 e. The number of para-hydroxylation sites is 1. The van der Waals surface area contributed by atoms with Crippen molar-refractivity contribution in [1.82, 2.24) is 0 Å². The number of aldehydes is 1. The number of benzene rings is 4. The van der Waals surface area contributed by atoms with E-state index in [1.165, 1.54) is 0 Å². The molecular formula is C24H18O2. The quantitative estimate of drug-likeness (QED) is 0.424. The summed E-state index contributed by atoms with van der Waals surface area (Å²) in [6, 6.07) is 30.0. The molecule has 0 aliphatic heterocycles. The molecule has 4 rings (SSSR count). The van der Waals surface area contributed by atoms with Crippen LogP contribution in [0, 0.1) is 0 Å². The average Bonchev–Trinajstić information content (AvgIpc) is 2.72. The Morgan fingerprint density at radius 3 is 2.15 bits per heavy atom. The summed E-state index contributed by atoms with van der Waals surface area (Å²) in [5.74, 6) is 0.834. The first kappa shape index (κ1) is 16.1. The number of hydrogen-bond acceptors (Lipinski definition) is 2. The molecule has 26 heavy (non-hydrogen) atoms. The van der Waals surface area contributed by atoms with Crippen molar-refractivity contribution in [3.63, 3.8) is 0 Å². The van der Waals surface area contributed by atoms with E-state index >= 15 is 0 Å². The molecule has 2 heteroatoms. The third-order valence-corrected chi connectivity index (χ3v) is 4.50. The molecule has 0 heterocycles. The van der Waals surface area contributed by atoms with E-state index in [9.17, 15) is 4.79 Å². The SMILES string of the molecule is O=Cc1ccc(-c2ccccc2OCc2ccccc2)c2ccccc12. The van der Waals surface area contributed by atoms with Crippen molar-refractivity contribution in [2.24, 2.45) is 0 Å². The van der Waals surface area contributed by atoms with Gasteiger partial charge in [-0.2, -0.15) is 0 Å². The zero-order valence-corrected chi connectivity index (χ0v) is 14.3. The van der Waals surface area contributed by atoms with Gasteiger partial charge in [-0.05, 0) is 28.0 Å².